The minimum atomic E-state index is -1.07. The molecule has 0 aromatic rings. The van der Waals surface area contributed by atoms with Gasteiger partial charge in [-0.05, 0) is 26.2 Å². The van der Waals surface area contributed by atoms with E-state index < -0.39 is 24.5 Å². The fraction of sp³-hybridized carbons (Fsp3) is 0.611. The second-order valence-electron chi connectivity index (χ2n) is 6.72. The van der Waals surface area contributed by atoms with E-state index in [0.29, 0.717) is 17.9 Å². The molecule has 0 bridgehead atoms. The number of allylic oxidation sites excluding steroid dienone is 1. The topological polar surface area (TPSA) is 99.1 Å². The van der Waals surface area contributed by atoms with Gasteiger partial charge in [-0.2, -0.15) is 0 Å². The molecule has 0 aromatic heterocycles. The van der Waals surface area contributed by atoms with Crippen LogP contribution in [0.1, 0.15) is 48.9 Å². The Morgan fingerprint density at radius 1 is 1.36 bits per heavy atom. The van der Waals surface area contributed by atoms with Gasteiger partial charge in [-0.3, -0.25) is 9.59 Å². The molecule has 2 aliphatic rings. The lowest BCUT2D eigenvalue weighted by molar-refractivity contribution is -0.180. The van der Waals surface area contributed by atoms with Crippen LogP contribution in [0.15, 0.2) is 23.3 Å². The van der Waals surface area contributed by atoms with Gasteiger partial charge in [0.05, 0.1) is 6.42 Å². The Balaban J connectivity index is 0.000000475. The van der Waals surface area contributed by atoms with Crippen molar-refractivity contribution in [1.82, 2.24) is 0 Å². The Hall–Kier alpha value is -2.15. The lowest BCUT2D eigenvalue weighted by Gasteiger charge is -2.18. The van der Waals surface area contributed by atoms with Gasteiger partial charge in [0.25, 0.3) is 6.29 Å². The predicted molar refractivity (Wildman–Crippen MR) is 90.9 cm³/mol. The van der Waals surface area contributed by atoms with Crippen LogP contribution in [0.4, 0.5) is 0 Å². The largest absolute Gasteiger partial charge is 0.428 e. The highest BCUT2D eigenvalue weighted by atomic mass is 16.7. The zero-order chi connectivity index (χ0) is 19.1. The van der Waals surface area contributed by atoms with Crippen LogP contribution in [0.5, 0.6) is 0 Å². The Bertz CT molecular complexity index is 576. The number of carbonyl (C=O) groups excluding carboxylic acids is 3. The van der Waals surface area contributed by atoms with Crippen LogP contribution >= 0.6 is 0 Å². The van der Waals surface area contributed by atoms with E-state index in [1.54, 1.807) is 6.08 Å². The molecule has 1 fully saturated rings. The first-order chi connectivity index (χ1) is 11.6. The second-order valence-corrected chi connectivity index (χ2v) is 6.72. The van der Waals surface area contributed by atoms with Gasteiger partial charge < -0.3 is 19.3 Å². The SMILES string of the molecule is CC(=O)OC1OC(=O)CC1CC(C)C.CC(C)=CC1=CC(=O)OC1O.[HH]. The maximum absolute atomic E-state index is 11.0. The number of hydrogen-bond acceptors (Lipinski definition) is 7. The molecule has 1 N–H and O–H groups in total. The van der Waals surface area contributed by atoms with Crippen molar-refractivity contribution in [2.75, 3.05) is 0 Å². The monoisotopic (exact) mass is 356 g/mol. The molecule has 7 nitrogen and oxygen atoms in total. The lowest BCUT2D eigenvalue weighted by Crippen LogP contribution is -2.23. The quantitative estimate of drug-likeness (QED) is 0.773. The summed E-state index contributed by atoms with van der Waals surface area (Å²) in [6, 6.07) is 0. The third-order valence-electron chi connectivity index (χ3n) is 3.37. The Morgan fingerprint density at radius 3 is 2.44 bits per heavy atom. The van der Waals surface area contributed by atoms with Crippen LogP contribution in [-0.2, 0) is 28.6 Å². The standard InChI is InChI=1S/C10H16O4.C8H10O3.H2/c1-6(2)4-8-5-9(12)14-10(8)13-7(3)11;1-5(2)3-6-4-7(9)11-8(6)10;/h6,8,10H,4-5H2,1-3H3;3-4,8,10H,1-2H3;1H. The summed E-state index contributed by atoms with van der Waals surface area (Å²) in [4.78, 5) is 32.3. The highest BCUT2D eigenvalue weighted by Gasteiger charge is 2.37. The van der Waals surface area contributed by atoms with E-state index in [-0.39, 0.29) is 13.3 Å². The molecule has 0 aliphatic carbocycles. The molecule has 2 rings (SSSR count). The summed E-state index contributed by atoms with van der Waals surface area (Å²) in [6.45, 7) is 9.21. The lowest BCUT2D eigenvalue weighted by atomic mass is 9.95. The van der Waals surface area contributed by atoms with Crippen molar-refractivity contribution in [2.24, 2.45) is 11.8 Å². The van der Waals surface area contributed by atoms with E-state index in [9.17, 15) is 14.4 Å². The molecule has 0 saturated carbocycles. The Labute approximate surface area is 149 Å². The Kier molecular flexibility index (Phi) is 7.83. The average molecular weight is 356 g/mol. The normalized spacial score (nSPS) is 24.8. The van der Waals surface area contributed by atoms with Gasteiger partial charge >= 0.3 is 17.9 Å². The van der Waals surface area contributed by atoms with Gasteiger partial charge in [0.15, 0.2) is 0 Å². The third kappa shape index (κ3) is 7.51. The highest BCUT2D eigenvalue weighted by molar-refractivity contribution is 5.86. The second kappa shape index (κ2) is 9.36. The number of ether oxygens (including phenoxy) is 3. The van der Waals surface area contributed by atoms with Crippen molar-refractivity contribution in [3.8, 4) is 0 Å². The fourth-order valence-corrected chi connectivity index (χ4v) is 2.53. The number of carbonyl (C=O) groups is 3. The van der Waals surface area contributed by atoms with E-state index >= 15 is 0 Å². The van der Waals surface area contributed by atoms with Crippen molar-refractivity contribution in [2.45, 2.75) is 60.0 Å². The van der Waals surface area contributed by atoms with Crippen LogP contribution in [0, 0.1) is 11.8 Å². The molecular weight excluding hydrogens is 328 g/mol. The number of hydrogen-bond donors (Lipinski definition) is 1. The smallest absolute Gasteiger partial charge is 0.333 e. The molecule has 25 heavy (non-hydrogen) atoms. The number of aliphatic hydroxyl groups excluding tert-OH is 1. The summed E-state index contributed by atoms with van der Waals surface area (Å²) >= 11 is 0. The van der Waals surface area contributed by atoms with Gasteiger partial charge in [-0.25, -0.2) is 4.79 Å². The Morgan fingerprint density at radius 2 is 2.00 bits per heavy atom. The molecule has 0 radical (unpaired) electrons. The molecule has 2 heterocycles. The molecule has 0 spiro atoms. The van der Waals surface area contributed by atoms with Crippen LogP contribution in [0.3, 0.4) is 0 Å². The first kappa shape index (κ1) is 20.9. The number of rotatable bonds is 4. The maximum atomic E-state index is 11.0. The predicted octanol–water partition coefficient (Wildman–Crippen LogP) is 2.49. The van der Waals surface area contributed by atoms with Crippen molar-refractivity contribution < 1.29 is 35.1 Å². The summed E-state index contributed by atoms with van der Waals surface area (Å²) in [5.74, 6) is -0.677. The maximum Gasteiger partial charge on any atom is 0.333 e. The molecule has 7 heteroatoms. The van der Waals surface area contributed by atoms with Gasteiger partial charge in [-0.1, -0.05) is 25.5 Å². The van der Waals surface area contributed by atoms with Crippen molar-refractivity contribution in [1.29, 1.82) is 0 Å². The number of esters is 3. The summed E-state index contributed by atoms with van der Waals surface area (Å²) < 4.78 is 14.3. The van der Waals surface area contributed by atoms with E-state index in [2.05, 4.69) is 18.6 Å². The van der Waals surface area contributed by atoms with Crippen molar-refractivity contribution in [3.63, 3.8) is 0 Å². The van der Waals surface area contributed by atoms with Gasteiger partial charge in [0, 0.05) is 25.9 Å². The van der Waals surface area contributed by atoms with Crippen LogP contribution in [0.25, 0.3) is 0 Å². The zero-order valence-corrected chi connectivity index (χ0v) is 15.3. The first-order valence-electron chi connectivity index (χ1n) is 8.20. The number of aliphatic hydroxyl groups is 1. The molecular formula is C18H28O7. The fourth-order valence-electron chi connectivity index (χ4n) is 2.53. The average Bonchev–Trinajstić information content (AvgIpc) is 2.91. The molecule has 142 valence electrons. The summed E-state index contributed by atoms with van der Waals surface area (Å²) in [5, 5.41) is 9.05. The van der Waals surface area contributed by atoms with Gasteiger partial charge in [0.1, 0.15) is 0 Å². The van der Waals surface area contributed by atoms with Crippen LogP contribution in [-0.4, -0.2) is 35.6 Å². The molecule has 1 saturated heterocycles. The van der Waals surface area contributed by atoms with Crippen LogP contribution < -0.4 is 0 Å². The summed E-state index contributed by atoms with van der Waals surface area (Å²) in [6.07, 6.45) is 2.47. The minimum Gasteiger partial charge on any atom is -0.428 e. The van der Waals surface area contributed by atoms with Gasteiger partial charge in [0.2, 0.25) is 6.29 Å². The minimum absolute atomic E-state index is 0. The highest BCUT2D eigenvalue weighted by Crippen LogP contribution is 2.29. The van der Waals surface area contributed by atoms with Gasteiger partial charge in [-0.15, -0.1) is 0 Å². The summed E-state index contributed by atoms with van der Waals surface area (Å²) in [7, 11) is 0. The molecule has 0 amide bonds. The molecule has 3 atom stereocenters. The molecule has 3 unspecified atom stereocenters. The zero-order valence-electron chi connectivity index (χ0n) is 15.3. The van der Waals surface area contributed by atoms with Crippen molar-refractivity contribution >= 4 is 17.9 Å². The van der Waals surface area contributed by atoms with Crippen molar-refractivity contribution in [3.05, 3.63) is 23.3 Å². The van der Waals surface area contributed by atoms with E-state index in [4.69, 9.17) is 14.6 Å². The summed E-state index contributed by atoms with van der Waals surface area (Å²) in [5.41, 5.74) is 1.55. The van der Waals surface area contributed by atoms with E-state index in [1.165, 1.54) is 13.0 Å². The first-order valence-corrected chi connectivity index (χ1v) is 8.20. The molecule has 2 aliphatic heterocycles. The third-order valence-corrected chi connectivity index (χ3v) is 3.37. The molecule has 0 aromatic carbocycles. The van der Waals surface area contributed by atoms with Crippen LogP contribution in [0.2, 0.25) is 0 Å². The van der Waals surface area contributed by atoms with E-state index in [0.717, 1.165) is 12.0 Å². The van der Waals surface area contributed by atoms with E-state index in [1.807, 2.05) is 13.8 Å². The number of cyclic esters (lactones) is 2.